The largest absolute Gasteiger partial charge is 0.485 e. The third kappa shape index (κ3) is 7.41. The highest BCUT2D eigenvalue weighted by molar-refractivity contribution is 6.07. The fourth-order valence-corrected chi connectivity index (χ4v) is 4.57. The van der Waals surface area contributed by atoms with Gasteiger partial charge in [-0.25, -0.2) is 4.79 Å². The summed E-state index contributed by atoms with van der Waals surface area (Å²) >= 11 is 0. The van der Waals surface area contributed by atoms with Gasteiger partial charge in [0.15, 0.2) is 5.75 Å². The van der Waals surface area contributed by atoms with Crippen LogP contribution in [-0.2, 0) is 6.18 Å². The summed E-state index contributed by atoms with van der Waals surface area (Å²) in [5.74, 6) is -1.09. The van der Waals surface area contributed by atoms with Crippen molar-refractivity contribution in [1.29, 1.82) is 0 Å². The molecule has 2 heterocycles. The van der Waals surface area contributed by atoms with Gasteiger partial charge in [-0.2, -0.15) is 13.2 Å². The lowest BCUT2D eigenvalue weighted by molar-refractivity contribution is -0.137. The van der Waals surface area contributed by atoms with Crippen LogP contribution in [0.1, 0.15) is 40.1 Å². The first-order chi connectivity index (χ1) is 20.4. The van der Waals surface area contributed by atoms with Crippen LogP contribution in [0.4, 0.5) is 29.3 Å². The number of alkyl halides is 3. The number of amides is 4. The molecule has 0 saturated carbocycles. The molecule has 0 fully saturated rings. The fourth-order valence-electron chi connectivity index (χ4n) is 4.57. The lowest BCUT2D eigenvalue weighted by Crippen LogP contribution is -2.50. The number of aliphatic hydroxyl groups excluding tert-OH is 1. The van der Waals surface area contributed by atoms with Gasteiger partial charge in [-0.05, 0) is 55.5 Å². The fraction of sp³-hybridized carbons (Fsp3) is 0.333. The summed E-state index contributed by atoms with van der Waals surface area (Å²) in [6.45, 7) is 3.48. The van der Waals surface area contributed by atoms with E-state index in [1.165, 1.54) is 41.4 Å². The Labute approximate surface area is 246 Å². The number of aromatic nitrogens is 1. The van der Waals surface area contributed by atoms with Crippen LogP contribution in [-0.4, -0.2) is 76.6 Å². The number of halogens is 3. The van der Waals surface area contributed by atoms with Crippen molar-refractivity contribution in [3.8, 4) is 5.75 Å². The van der Waals surface area contributed by atoms with E-state index >= 15 is 0 Å². The molecular weight excluding hydrogens is 567 g/mol. The molecule has 0 radical (unpaired) electrons. The number of carbonyl (C=O) groups excluding carboxylic acids is 3. The summed E-state index contributed by atoms with van der Waals surface area (Å²) in [5, 5.41) is 15.2. The molecule has 43 heavy (non-hydrogen) atoms. The molecule has 13 heteroatoms. The van der Waals surface area contributed by atoms with Crippen molar-refractivity contribution in [2.45, 2.75) is 32.2 Å². The summed E-state index contributed by atoms with van der Waals surface area (Å²) in [4.78, 5) is 46.4. The van der Waals surface area contributed by atoms with Gasteiger partial charge in [0, 0.05) is 43.2 Å². The van der Waals surface area contributed by atoms with Crippen LogP contribution in [0.25, 0.3) is 0 Å². The maximum Gasteiger partial charge on any atom is 0.416 e. The number of aliphatic hydroxyl groups is 1. The Morgan fingerprint density at radius 1 is 1.12 bits per heavy atom. The molecule has 3 N–H and O–H groups in total. The topological polar surface area (TPSA) is 124 Å². The van der Waals surface area contributed by atoms with E-state index in [0.717, 1.165) is 24.3 Å². The number of anilines is 2. The van der Waals surface area contributed by atoms with E-state index in [1.54, 1.807) is 25.1 Å². The van der Waals surface area contributed by atoms with Crippen LogP contribution in [0.15, 0.2) is 67.0 Å². The predicted molar refractivity (Wildman–Crippen MR) is 153 cm³/mol. The van der Waals surface area contributed by atoms with Crippen molar-refractivity contribution in [3.05, 3.63) is 83.7 Å². The van der Waals surface area contributed by atoms with E-state index in [9.17, 15) is 32.7 Å². The first-order valence-electron chi connectivity index (χ1n) is 13.5. The number of pyridine rings is 1. The zero-order valence-corrected chi connectivity index (χ0v) is 23.8. The molecule has 1 aliphatic rings. The maximum absolute atomic E-state index is 13.6. The van der Waals surface area contributed by atoms with Crippen molar-refractivity contribution in [2.24, 2.45) is 5.92 Å². The van der Waals surface area contributed by atoms with Gasteiger partial charge in [-0.3, -0.25) is 14.6 Å². The SMILES string of the molecule is C[C@@H]1CN([C@@H](C)CO)C(=O)c2cccc(NC(=O)c3ccncc3)c2O[C@@H]1CN(C)C(=O)Nc1ccc(C(F)(F)F)cc1. The molecule has 4 rings (SSSR count). The van der Waals surface area contributed by atoms with Gasteiger partial charge in [0.1, 0.15) is 6.10 Å². The number of rotatable bonds is 7. The average molecular weight is 600 g/mol. The van der Waals surface area contributed by atoms with Gasteiger partial charge < -0.3 is 30.3 Å². The summed E-state index contributed by atoms with van der Waals surface area (Å²) in [5.41, 5.74) is 0.0838. The van der Waals surface area contributed by atoms with E-state index in [2.05, 4.69) is 15.6 Å². The number of nitrogens with zero attached hydrogens (tertiary/aromatic N) is 3. The number of para-hydroxylation sites is 1. The number of benzene rings is 2. The number of hydrogen-bond acceptors (Lipinski definition) is 6. The van der Waals surface area contributed by atoms with Crippen LogP contribution < -0.4 is 15.4 Å². The van der Waals surface area contributed by atoms with Crippen molar-refractivity contribution < 1.29 is 37.4 Å². The second kappa shape index (κ2) is 13.1. The number of hydrogen-bond donors (Lipinski definition) is 3. The van der Waals surface area contributed by atoms with Crippen molar-refractivity contribution in [2.75, 3.05) is 37.4 Å². The molecule has 10 nitrogen and oxygen atoms in total. The summed E-state index contributed by atoms with van der Waals surface area (Å²) in [6, 6.07) is 10.8. The molecule has 0 unspecified atom stereocenters. The molecule has 4 amide bonds. The van der Waals surface area contributed by atoms with E-state index in [0.29, 0.717) is 5.56 Å². The molecule has 2 aromatic carbocycles. The third-order valence-corrected chi connectivity index (χ3v) is 7.15. The lowest BCUT2D eigenvalue weighted by Gasteiger charge is -2.38. The Bertz CT molecular complexity index is 1450. The zero-order valence-electron chi connectivity index (χ0n) is 23.8. The molecule has 228 valence electrons. The summed E-state index contributed by atoms with van der Waals surface area (Å²) in [7, 11) is 1.51. The van der Waals surface area contributed by atoms with E-state index in [1.807, 2.05) is 6.92 Å². The maximum atomic E-state index is 13.6. The normalized spacial score (nSPS) is 17.6. The highest BCUT2D eigenvalue weighted by Gasteiger charge is 2.35. The van der Waals surface area contributed by atoms with Crippen LogP contribution in [0.3, 0.4) is 0 Å². The molecule has 3 aromatic rings. The highest BCUT2D eigenvalue weighted by Crippen LogP contribution is 2.35. The van der Waals surface area contributed by atoms with Gasteiger partial charge in [-0.15, -0.1) is 0 Å². The van der Waals surface area contributed by atoms with Gasteiger partial charge in [0.2, 0.25) is 0 Å². The number of carbonyl (C=O) groups is 3. The number of ether oxygens (including phenoxy) is 1. The van der Waals surface area contributed by atoms with E-state index in [-0.39, 0.29) is 48.3 Å². The minimum atomic E-state index is -4.50. The standard InChI is InChI=1S/C30H32F3N5O5/c1-18-15-38(19(2)17-39)28(41)23-5-4-6-24(36-27(40)20-11-13-34-14-12-20)26(23)43-25(18)16-37(3)29(42)35-22-9-7-21(8-10-22)30(31,32)33/h4-14,18-19,25,39H,15-17H2,1-3H3,(H,35,42)(H,36,40)/t18-,19+,25-/m1/s1. The van der Waals surface area contributed by atoms with Gasteiger partial charge in [0.05, 0.1) is 36.0 Å². The van der Waals surface area contributed by atoms with Crippen LogP contribution in [0.2, 0.25) is 0 Å². The summed E-state index contributed by atoms with van der Waals surface area (Å²) < 4.78 is 45.1. The zero-order chi connectivity index (χ0) is 31.3. The Morgan fingerprint density at radius 2 is 1.79 bits per heavy atom. The molecule has 0 aliphatic carbocycles. The van der Waals surface area contributed by atoms with E-state index < -0.39 is 41.7 Å². The molecule has 0 spiro atoms. The third-order valence-electron chi connectivity index (χ3n) is 7.15. The molecule has 0 bridgehead atoms. The number of likely N-dealkylation sites (N-methyl/N-ethyl adjacent to an activating group) is 1. The van der Waals surface area contributed by atoms with Gasteiger partial charge in [-0.1, -0.05) is 13.0 Å². The Kier molecular flexibility index (Phi) is 9.54. The highest BCUT2D eigenvalue weighted by atomic mass is 19.4. The molecule has 3 atom stereocenters. The Hall–Kier alpha value is -4.65. The number of fused-ring (bicyclic) bond motifs is 1. The first kappa shape index (κ1) is 31.3. The van der Waals surface area contributed by atoms with Crippen molar-refractivity contribution >= 4 is 29.2 Å². The Balaban J connectivity index is 1.61. The quantitative estimate of drug-likeness (QED) is 0.361. The van der Waals surface area contributed by atoms with Gasteiger partial charge in [0.25, 0.3) is 11.8 Å². The number of nitrogens with one attached hydrogen (secondary N) is 2. The predicted octanol–water partition coefficient (Wildman–Crippen LogP) is 4.74. The van der Waals surface area contributed by atoms with Crippen molar-refractivity contribution in [3.63, 3.8) is 0 Å². The number of urea groups is 1. The first-order valence-corrected chi connectivity index (χ1v) is 13.5. The second-order valence-corrected chi connectivity index (χ2v) is 10.4. The van der Waals surface area contributed by atoms with Crippen LogP contribution in [0, 0.1) is 5.92 Å². The summed E-state index contributed by atoms with van der Waals surface area (Å²) in [6.07, 6.45) is -2.24. The van der Waals surface area contributed by atoms with Gasteiger partial charge >= 0.3 is 12.2 Å². The van der Waals surface area contributed by atoms with Crippen molar-refractivity contribution in [1.82, 2.24) is 14.8 Å². The second-order valence-electron chi connectivity index (χ2n) is 10.4. The minimum Gasteiger partial charge on any atom is -0.485 e. The smallest absolute Gasteiger partial charge is 0.416 e. The molecule has 1 aliphatic heterocycles. The van der Waals surface area contributed by atoms with Crippen LogP contribution >= 0.6 is 0 Å². The molecule has 1 aromatic heterocycles. The molecular formula is C30H32F3N5O5. The van der Waals surface area contributed by atoms with Crippen LogP contribution in [0.5, 0.6) is 5.75 Å². The molecule has 0 saturated heterocycles. The minimum absolute atomic E-state index is 0.0231. The van der Waals surface area contributed by atoms with E-state index in [4.69, 9.17) is 4.74 Å². The monoisotopic (exact) mass is 599 g/mol. The lowest BCUT2D eigenvalue weighted by atomic mass is 9.99. The average Bonchev–Trinajstić information content (AvgIpc) is 2.99. The Morgan fingerprint density at radius 3 is 2.42 bits per heavy atom.